The molecule has 0 aromatic carbocycles. The van der Waals surface area contributed by atoms with Crippen molar-refractivity contribution in [2.75, 3.05) is 13.2 Å². The molecule has 1 aromatic heterocycles. The van der Waals surface area contributed by atoms with Crippen LogP contribution in [0.25, 0.3) is 0 Å². The van der Waals surface area contributed by atoms with Gasteiger partial charge in [-0.3, -0.25) is 4.98 Å². The standard InChI is InChI=1S/C7H9N2O3S/c10-5-4-9-13(11,12)7-2-1-3-8-6-7/h1-3,6,9H,4-5H2. The van der Waals surface area contributed by atoms with Gasteiger partial charge in [0.2, 0.25) is 10.0 Å². The second-order valence-corrected chi connectivity index (χ2v) is 4.06. The van der Waals surface area contributed by atoms with Gasteiger partial charge in [-0.25, -0.2) is 18.2 Å². The first-order valence-electron chi connectivity index (χ1n) is 3.64. The van der Waals surface area contributed by atoms with Crippen molar-refractivity contribution in [3.63, 3.8) is 0 Å². The van der Waals surface area contributed by atoms with Crippen molar-refractivity contribution in [1.82, 2.24) is 9.71 Å². The third-order valence-electron chi connectivity index (χ3n) is 1.34. The van der Waals surface area contributed by atoms with E-state index in [1.165, 1.54) is 24.5 Å². The van der Waals surface area contributed by atoms with E-state index in [4.69, 9.17) is 0 Å². The number of nitrogens with one attached hydrogen (secondary N) is 1. The Kier molecular flexibility index (Phi) is 3.35. The molecule has 1 heterocycles. The van der Waals surface area contributed by atoms with Crippen LogP contribution in [0.4, 0.5) is 0 Å². The second-order valence-electron chi connectivity index (χ2n) is 2.29. The van der Waals surface area contributed by atoms with E-state index < -0.39 is 16.6 Å². The van der Waals surface area contributed by atoms with E-state index in [2.05, 4.69) is 9.71 Å². The van der Waals surface area contributed by atoms with Gasteiger partial charge in [-0.15, -0.1) is 0 Å². The highest BCUT2D eigenvalue weighted by atomic mass is 32.2. The van der Waals surface area contributed by atoms with Crippen LogP contribution >= 0.6 is 0 Å². The molecule has 71 valence electrons. The van der Waals surface area contributed by atoms with Crippen LogP contribution in [0.3, 0.4) is 0 Å². The molecule has 1 N–H and O–H groups in total. The summed E-state index contributed by atoms with van der Waals surface area (Å²) in [7, 11) is -3.53. The Morgan fingerprint density at radius 2 is 2.23 bits per heavy atom. The van der Waals surface area contributed by atoms with Gasteiger partial charge in [-0.2, -0.15) is 0 Å². The number of aromatic nitrogens is 1. The molecule has 1 aromatic rings. The van der Waals surface area contributed by atoms with E-state index in [0.717, 1.165) is 0 Å². The summed E-state index contributed by atoms with van der Waals surface area (Å²) in [5, 5.41) is 10.1. The minimum Gasteiger partial charge on any atom is -0.263 e. The third-order valence-corrected chi connectivity index (χ3v) is 2.79. The van der Waals surface area contributed by atoms with Crippen molar-refractivity contribution in [2.45, 2.75) is 4.90 Å². The lowest BCUT2D eigenvalue weighted by molar-refractivity contribution is 0.199. The van der Waals surface area contributed by atoms with Crippen molar-refractivity contribution in [1.29, 1.82) is 0 Å². The summed E-state index contributed by atoms with van der Waals surface area (Å²) in [6.07, 6.45) is 2.71. The lowest BCUT2D eigenvalue weighted by atomic mass is 10.5. The van der Waals surface area contributed by atoms with E-state index in [1.807, 2.05) is 0 Å². The number of hydrogen-bond acceptors (Lipinski definition) is 3. The van der Waals surface area contributed by atoms with Gasteiger partial charge in [0.25, 0.3) is 0 Å². The van der Waals surface area contributed by atoms with Gasteiger partial charge in [0.05, 0.1) is 6.61 Å². The maximum absolute atomic E-state index is 11.3. The Hall–Kier alpha value is -0.980. The topological polar surface area (TPSA) is 79.0 Å². The summed E-state index contributed by atoms with van der Waals surface area (Å²) in [6, 6.07) is 2.94. The van der Waals surface area contributed by atoms with Crippen LogP contribution in [-0.2, 0) is 15.1 Å². The molecule has 5 nitrogen and oxygen atoms in total. The number of nitrogens with zero attached hydrogens (tertiary/aromatic N) is 1. The van der Waals surface area contributed by atoms with E-state index >= 15 is 0 Å². The zero-order chi connectivity index (χ0) is 9.73. The summed E-state index contributed by atoms with van der Waals surface area (Å²) in [5.74, 6) is 0. The van der Waals surface area contributed by atoms with Crippen molar-refractivity contribution in [2.24, 2.45) is 0 Å². The molecule has 13 heavy (non-hydrogen) atoms. The molecule has 0 fully saturated rings. The average Bonchev–Trinajstić information content (AvgIpc) is 2.16. The second kappa shape index (κ2) is 4.31. The quantitative estimate of drug-likeness (QED) is 0.732. The Morgan fingerprint density at radius 1 is 1.46 bits per heavy atom. The molecule has 6 heteroatoms. The van der Waals surface area contributed by atoms with Crippen LogP contribution in [0.15, 0.2) is 29.4 Å². The first-order valence-corrected chi connectivity index (χ1v) is 5.13. The van der Waals surface area contributed by atoms with Crippen LogP contribution in [0.2, 0.25) is 0 Å². The van der Waals surface area contributed by atoms with Gasteiger partial charge in [0.15, 0.2) is 0 Å². The van der Waals surface area contributed by atoms with Gasteiger partial charge in [0, 0.05) is 18.9 Å². The van der Waals surface area contributed by atoms with E-state index in [9.17, 15) is 13.5 Å². The fourth-order valence-corrected chi connectivity index (χ4v) is 1.74. The molecule has 0 bridgehead atoms. The Morgan fingerprint density at radius 3 is 2.77 bits per heavy atom. The van der Waals surface area contributed by atoms with Gasteiger partial charge < -0.3 is 0 Å². The van der Waals surface area contributed by atoms with Crippen molar-refractivity contribution in [3.8, 4) is 0 Å². The summed E-state index contributed by atoms with van der Waals surface area (Å²) >= 11 is 0. The van der Waals surface area contributed by atoms with Crippen LogP contribution in [0.1, 0.15) is 0 Å². The molecular weight excluding hydrogens is 192 g/mol. The highest BCUT2D eigenvalue weighted by Crippen LogP contribution is 2.04. The molecular formula is C7H9N2O3S. The van der Waals surface area contributed by atoms with Crippen LogP contribution in [-0.4, -0.2) is 26.6 Å². The van der Waals surface area contributed by atoms with Crippen LogP contribution < -0.4 is 4.72 Å². The van der Waals surface area contributed by atoms with E-state index in [1.54, 1.807) is 0 Å². The first kappa shape index (κ1) is 10.1. The number of rotatable bonds is 4. The maximum atomic E-state index is 11.3. The van der Waals surface area contributed by atoms with Crippen molar-refractivity contribution >= 4 is 10.0 Å². The maximum Gasteiger partial charge on any atom is 0.242 e. The molecule has 0 aliphatic carbocycles. The molecule has 0 aliphatic rings. The highest BCUT2D eigenvalue weighted by molar-refractivity contribution is 7.89. The Labute approximate surface area is 76.5 Å². The molecule has 0 amide bonds. The zero-order valence-corrected chi connectivity index (χ0v) is 7.62. The lowest BCUT2D eigenvalue weighted by Gasteiger charge is -2.02. The zero-order valence-electron chi connectivity index (χ0n) is 6.80. The number of pyridine rings is 1. The van der Waals surface area contributed by atoms with Crippen molar-refractivity contribution < 1.29 is 13.5 Å². The SMILES string of the molecule is [O]CCNS(=O)(=O)c1cccnc1. The van der Waals surface area contributed by atoms with Gasteiger partial charge >= 0.3 is 0 Å². The molecule has 0 saturated carbocycles. The predicted octanol–water partition coefficient (Wildman–Crippen LogP) is -0.210. The summed E-state index contributed by atoms with van der Waals surface area (Å²) in [5.41, 5.74) is 0. The van der Waals surface area contributed by atoms with Gasteiger partial charge in [-0.05, 0) is 12.1 Å². The normalized spacial score (nSPS) is 11.5. The molecule has 0 saturated heterocycles. The van der Waals surface area contributed by atoms with Gasteiger partial charge in [0.1, 0.15) is 4.90 Å². The third kappa shape index (κ3) is 2.76. The largest absolute Gasteiger partial charge is 0.263 e. The van der Waals surface area contributed by atoms with Crippen LogP contribution in [0.5, 0.6) is 0 Å². The minimum absolute atomic E-state index is 0.0726. The highest BCUT2D eigenvalue weighted by Gasteiger charge is 2.11. The number of sulfonamides is 1. The Balaban J connectivity index is 2.83. The van der Waals surface area contributed by atoms with Gasteiger partial charge in [-0.1, -0.05) is 0 Å². The lowest BCUT2D eigenvalue weighted by Crippen LogP contribution is -2.26. The van der Waals surface area contributed by atoms with E-state index in [-0.39, 0.29) is 11.4 Å². The molecule has 0 spiro atoms. The minimum atomic E-state index is -3.53. The average molecular weight is 201 g/mol. The van der Waals surface area contributed by atoms with Crippen molar-refractivity contribution in [3.05, 3.63) is 24.5 Å². The smallest absolute Gasteiger partial charge is 0.242 e. The molecule has 0 aliphatic heterocycles. The fourth-order valence-electron chi connectivity index (χ4n) is 0.765. The molecule has 0 atom stereocenters. The molecule has 1 radical (unpaired) electrons. The summed E-state index contributed by atoms with van der Waals surface area (Å²) in [6.45, 7) is -0.573. The Bertz CT molecular complexity index is 349. The fraction of sp³-hybridized carbons (Fsp3) is 0.286. The summed E-state index contributed by atoms with van der Waals surface area (Å²) < 4.78 is 24.7. The summed E-state index contributed by atoms with van der Waals surface area (Å²) in [4.78, 5) is 3.73. The molecule has 1 rings (SSSR count). The monoisotopic (exact) mass is 201 g/mol. The van der Waals surface area contributed by atoms with Crippen LogP contribution in [0, 0.1) is 0 Å². The predicted molar refractivity (Wildman–Crippen MR) is 45.0 cm³/mol. The van der Waals surface area contributed by atoms with E-state index in [0.29, 0.717) is 0 Å². The molecule has 0 unspecified atom stereocenters. The number of hydrogen-bond donors (Lipinski definition) is 1. The first-order chi connectivity index (χ1) is 6.17.